The normalized spacial score (nSPS) is 29.2. The first-order valence-electron chi connectivity index (χ1n) is 44.5. The van der Waals surface area contributed by atoms with Crippen LogP contribution < -0.4 is 52.3 Å². The number of fused-ring (bicyclic) bond motifs is 12. The van der Waals surface area contributed by atoms with Gasteiger partial charge in [0.15, 0.2) is 54.4 Å². The van der Waals surface area contributed by atoms with E-state index in [0.29, 0.717) is 11.6 Å². The van der Waals surface area contributed by atoms with Crippen LogP contribution in [0.15, 0.2) is 127 Å². The number of aliphatic hydroxyl groups is 9. The molecule has 0 aromatic heterocycles. The lowest BCUT2D eigenvalue weighted by atomic mass is 9.84. The summed E-state index contributed by atoms with van der Waals surface area (Å²) < 4.78 is 59.3. The van der Waals surface area contributed by atoms with Crippen LogP contribution in [0.3, 0.4) is 0 Å². The highest BCUT2D eigenvalue weighted by Crippen LogP contribution is 2.54. The van der Waals surface area contributed by atoms with Gasteiger partial charge in [-0.2, -0.15) is 0 Å². The molecule has 11 bridgehead atoms. The number of ether oxygens (including phenoxy) is 9. The molecule has 37 nitrogen and oxygen atoms in total. The smallest absolute Gasteiger partial charge is 0.333 e. The van der Waals surface area contributed by atoms with Crippen molar-refractivity contribution in [3.05, 3.63) is 187 Å². The Morgan fingerprint density at radius 2 is 1.30 bits per heavy atom. The van der Waals surface area contributed by atoms with Crippen molar-refractivity contribution in [3.8, 4) is 56.8 Å². The number of carbonyl (C=O) groups is 9. The summed E-state index contributed by atoms with van der Waals surface area (Å²) in [6, 6.07) is 21.5. The number of aliphatic hydroxyl groups excluding tert-OH is 7. The highest BCUT2D eigenvalue weighted by molar-refractivity contribution is 6.32. The second kappa shape index (κ2) is 41.7. The minimum absolute atomic E-state index is 0.111. The van der Waals surface area contributed by atoms with E-state index >= 15 is 28.8 Å². The Balaban J connectivity index is 0.969. The SMILES string of the molecule is CC[C@H](CC(C)O)C(=O)N[C@H]1C(=O)C[C@@H](CC(N)=O)C(=O)N[C@H]2C(=O)C[C@H]3C(=O)N[C@H](C(=O)N[C@H](C(=O)OCC(=O)N(C)CCN(C)C)c4cc(O)cc5c4-c4cc3ccc4C5(O)O)[C@H](O[C@H]3C[C@](C)(N)[C@@H](O)[C@H](C)O3)c3ccc(c(Cl)c3)Oc3cc2cc(c3O[C@@H]2O[C@H](CO)[C@@H](O)[C@H](O)[C@H]2O[C@H]2C[C@](C)(NCc3ccc(-c4ccc(Cl)cc4)cc3)[C@@H](O)[C@H](C)O2)Oc2ccc(cc2Cl)[C@H]1O. The van der Waals surface area contributed by atoms with E-state index in [4.69, 9.17) is 88.9 Å². The number of likely N-dealkylation sites (N-methyl/N-ethyl adjacent to an activating group) is 2. The minimum atomic E-state index is -3.09. The zero-order valence-electron chi connectivity index (χ0n) is 75.7. The summed E-state index contributed by atoms with van der Waals surface area (Å²) in [5, 5.41) is 133. The molecule has 1 aliphatic carbocycles. The van der Waals surface area contributed by atoms with Crippen LogP contribution in [-0.4, -0.2) is 258 Å². The van der Waals surface area contributed by atoms with Gasteiger partial charge < -0.3 is 142 Å². The van der Waals surface area contributed by atoms with Crippen LogP contribution in [0.25, 0.3) is 22.3 Å². The van der Waals surface area contributed by atoms with E-state index in [-0.39, 0.29) is 94.2 Å². The Labute approximate surface area is 797 Å². The first-order chi connectivity index (χ1) is 64.3. The van der Waals surface area contributed by atoms with Crippen LogP contribution in [0, 0.1) is 11.8 Å². The number of amides is 6. The molecule has 6 amide bonds. The Bertz CT molecular complexity index is 5680. The topological polar surface area (TPSA) is 558 Å². The summed E-state index contributed by atoms with van der Waals surface area (Å²) in [5.74, 6) is -21.6. The summed E-state index contributed by atoms with van der Waals surface area (Å²) in [4.78, 5) is 142. The average Bonchev–Trinajstić information content (AvgIpc) is 1.55. The number of rotatable bonds is 24. The van der Waals surface area contributed by atoms with Gasteiger partial charge in [0.05, 0.1) is 59.0 Å². The largest absolute Gasteiger partial charge is 0.508 e. The number of halogens is 3. The molecule has 136 heavy (non-hydrogen) atoms. The van der Waals surface area contributed by atoms with E-state index in [0.717, 1.165) is 47.0 Å². The maximum absolute atomic E-state index is 16.9. The Morgan fingerprint density at radius 3 is 1.92 bits per heavy atom. The number of carbonyl (C=O) groups excluding carboxylic acids is 9. The second-order valence-electron chi connectivity index (χ2n) is 36.6. The molecule has 3 saturated heterocycles. The van der Waals surface area contributed by atoms with Gasteiger partial charge in [-0.25, -0.2) is 4.79 Å². The van der Waals surface area contributed by atoms with E-state index in [1.807, 2.05) is 36.4 Å². The lowest BCUT2D eigenvalue weighted by molar-refractivity contribution is -0.334. The molecule has 23 atom stereocenters. The number of primary amides is 1. The predicted molar refractivity (Wildman–Crippen MR) is 487 cm³/mol. The Morgan fingerprint density at radius 1 is 0.676 bits per heavy atom. The number of hydrogen-bond donors (Lipinski definition) is 17. The summed E-state index contributed by atoms with van der Waals surface area (Å²) in [7, 11) is 4.99. The molecule has 7 aromatic rings. The molecule has 40 heteroatoms. The van der Waals surface area contributed by atoms with Gasteiger partial charge in [0.25, 0.3) is 5.91 Å². The number of esters is 1. The van der Waals surface area contributed by atoms with E-state index < -0.39 is 269 Å². The molecule has 3 fully saturated rings. The third-order valence-electron chi connectivity index (χ3n) is 26.1. The summed E-state index contributed by atoms with van der Waals surface area (Å²) >= 11 is 21.0. The quantitative estimate of drug-likeness (QED) is 0.0273. The Kier molecular flexibility index (Phi) is 31.1. The van der Waals surface area contributed by atoms with Gasteiger partial charge in [-0.15, -0.1) is 0 Å². The first-order valence-corrected chi connectivity index (χ1v) is 45.7. The predicted octanol–water partition coefficient (Wildman–Crippen LogP) is 5.20. The van der Waals surface area contributed by atoms with E-state index in [1.165, 1.54) is 81.2 Å². The molecule has 0 spiro atoms. The number of phenolic OH excluding ortho intramolecular Hbond substituents is 1. The highest BCUT2D eigenvalue weighted by Gasteiger charge is 2.54. The van der Waals surface area contributed by atoms with Crippen molar-refractivity contribution in [2.45, 2.75) is 226 Å². The van der Waals surface area contributed by atoms with Gasteiger partial charge in [-0.1, -0.05) is 102 Å². The fourth-order valence-electron chi connectivity index (χ4n) is 18.3. The number of nitrogens with two attached hydrogens (primary N) is 2. The van der Waals surface area contributed by atoms with E-state index in [9.17, 15) is 65.4 Å². The number of aromatic hydroxyl groups is 1. The standard InChI is InChI=1S/C96H112Cl3N9O28/c1-10-47(27-43(2)110)88(121)105-78-64(112)31-54(34-71(100)114)89(122)103-76-53-32-68(131-66-23-18-51(80(78)116)29-62(66)98)84(136-93-85(82(118)81(117)70(41-109)133-93)135-74-39-95(6,87(120)45(4)130-74)102-40-46-11-13-48(14-12-46)49-15-20-55(97)21-16-49)69(33-53)132-67-24-19-52(30-63(67)99)83(134-73-38-94(5,101)86(119)44(3)129-73)79-91(124)104-77(92(125)128-42-72(115)108(9)26-25-107(7)8)59-35-56(111)36-61-75(59)58-28-50(17-22-60(58)96(61,126)127)57(37-65(76)113)90(123)106-79/h11-24,28-30,32-33,35-36,43-45,47,54,57,70,73-74,76-83,85-87,93,102,109-111,116-120,126-127H,10,25-27,31,34,37-42,101H2,1-9H3,(H2,100,114)(H,103,122)(H,104,124)(H,105,121)(H,106,123)/t43?,44-,45-,47+,54-,57+,70+,73-,74-,76+,77-,78-,79-,80+,81+,82-,83+,85+,86-,87-,93-,94-,95-/m0/s1. The van der Waals surface area contributed by atoms with Crippen LogP contribution in [-0.2, 0) is 83.9 Å². The van der Waals surface area contributed by atoms with Crippen LogP contribution in [0.2, 0.25) is 15.1 Å². The van der Waals surface area contributed by atoms with Crippen LogP contribution in [0.4, 0.5) is 0 Å². The van der Waals surface area contributed by atoms with Gasteiger partial charge in [0, 0.05) is 91.9 Å². The van der Waals surface area contributed by atoms with Gasteiger partial charge in [0.2, 0.25) is 47.4 Å². The van der Waals surface area contributed by atoms with Crippen LogP contribution >= 0.6 is 34.8 Å². The van der Waals surface area contributed by atoms with Gasteiger partial charge in [-0.05, 0) is 184 Å². The van der Waals surface area contributed by atoms with Crippen molar-refractivity contribution in [2.24, 2.45) is 23.3 Å². The Hall–Kier alpha value is -10.4. The minimum Gasteiger partial charge on any atom is -0.508 e. The number of benzene rings is 7. The molecule has 19 N–H and O–H groups in total. The molecule has 0 saturated carbocycles. The van der Waals surface area contributed by atoms with Crippen molar-refractivity contribution in [1.82, 2.24) is 36.4 Å². The molecule has 16 rings (SSSR count). The number of ketones is 2. The van der Waals surface area contributed by atoms with E-state index in [2.05, 4.69) is 26.6 Å². The van der Waals surface area contributed by atoms with E-state index in [1.54, 1.807) is 51.9 Å². The highest BCUT2D eigenvalue weighted by atomic mass is 35.5. The van der Waals surface area contributed by atoms with Gasteiger partial charge in [-0.3, -0.25) is 38.4 Å². The molecule has 8 heterocycles. The maximum Gasteiger partial charge on any atom is 0.333 e. The molecule has 0 radical (unpaired) electrons. The molecule has 1 unspecified atom stereocenters. The lowest BCUT2D eigenvalue weighted by Crippen LogP contribution is -2.65. The van der Waals surface area contributed by atoms with Gasteiger partial charge >= 0.3 is 5.97 Å². The number of Topliss-reactive ketones (excluding diaryl/α,β-unsaturated/α-hetero) is 2. The fourth-order valence-corrected chi connectivity index (χ4v) is 18.9. The van der Waals surface area contributed by atoms with Gasteiger partial charge in [0.1, 0.15) is 65.9 Å². The number of hydrogen-bond acceptors (Lipinski definition) is 31. The third-order valence-corrected chi connectivity index (χ3v) is 26.9. The summed E-state index contributed by atoms with van der Waals surface area (Å²) in [5.41, 5.74) is 9.98. The number of phenols is 1. The van der Waals surface area contributed by atoms with Crippen LogP contribution in [0.5, 0.6) is 34.5 Å². The monoisotopic (exact) mass is 1940 g/mol. The number of nitrogens with zero attached hydrogens (tertiary/aromatic N) is 2. The summed E-state index contributed by atoms with van der Waals surface area (Å²) in [6.07, 6.45) is -26.3. The molecule has 9 aliphatic rings. The van der Waals surface area contributed by atoms with Crippen molar-refractivity contribution in [1.29, 1.82) is 0 Å². The molecule has 730 valence electrons. The second-order valence-corrected chi connectivity index (χ2v) is 37.9. The zero-order valence-corrected chi connectivity index (χ0v) is 78.0. The molecular weight excluding hydrogens is 1830 g/mol. The molecule has 7 aromatic carbocycles. The van der Waals surface area contributed by atoms with Crippen LogP contribution in [0.1, 0.15) is 161 Å². The zero-order chi connectivity index (χ0) is 98.3. The first kappa shape index (κ1) is 101. The van der Waals surface area contributed by atoms with Crippen molar-refractivity contribution in [2.75, 3.05) is 47.4 Å². The van der Waals surface area contributed by atoms with Crippen molar-refractivity contribution < 1.29 is 137 Å². The summed E-state index contributed by atoms with van der Waals surface area (Å²) in [6.45, 7) is 8.12. The average molecular weight is 1950 g/mol. The maximum atomic E-state index is 16.9. The molecule has 8 aliphatic heterocycles. The third kappa shape index (κ3) is 22.0. The van der Waals surface area contributed by atoms with Crippen molar-refractivity contribution in [3.63, 3.8) is 0 Å². The fraction of sp³-hybridized carbons (Fsp3) is 0.469. The lowest BCUT2D eigenvalue weighted by Gasteiger charge is -2.48. The van der Waals surface area contributed by atoms with Crippen molar-refractivity contribution >= 4 is 87.8 Å². The molecular formula is C96H112Cl3N9O28. The number of nitrogens with one attached hydrogen (secondary N) is 5.